The fourth-order valence-corrected chi connectivity index (χ4v) is 1.35. The number of benzene rings is 1. The van der Waals surface area contributed by atoms with Gasteiger partial charge in [-0.25, -0.2) is 0 Å². The van der Waals surface area contributed by atoms with Crippen LogP contribution in [0, 0.1) is 0 Å². The molecular weight excluding hydrogens is 234 g/mol. The molecule has 2 N–H and O–H groups in total. The van der Waals surface area contributed by atoms with Crippen LogP contribution in [0.25, 0.3) is 5.57 Å². The van der Waals surface area contributed by atoms with Gasteiger partial charge in [-0.05, 0) is 17.7 Å². The van der Waals surface area contributed by atoms with E-state index >= 15 is 0 Å². The Kier molecular flexibility index (Phi) is 5.20. The van der Waals surface area contributed by atoms with Crippen molar-refractivity contribution in [3.63, 3.8) is 0 Å². The third-order valence-electron chi connectivity index (χ3n) is 2.35. The number of primary amides is 1. The largest absolute Gasteiger partial charge is 0.493 e. The summed E-state index contributed by atoms with van der Waals surface area (Å²) in [5.41, 5.74) is 6.02. The molecule has 1 rings (SSSR count). The van der Waals surface area contributed by atoms with Crippen LogP contribution in [-0.4, -0.2) is 33.3 Å². The predicted molar refractivity (Wildman–Crippen MR) is 68.6 cm³/mol. The summed E-state index contributed by atoms with van der Waals surface area (Å²) in [4.78, 5) is 11.1. The molecular formula is C13H17NO4. The lowest BCUT2D eigenvalue weighted by Gasteiger charge is -2.12. The van der Waals surface area contributed by atoms with Crippen LogP contribution in [-0.2, 0) is 9.53 Å². The van der Waals surface area contributed by atoms with Gasteiger partial charge in [0, 0.05) is 12.7 Å². The molecule has 0 bridgehead atoms. The van der Waals surface area contributed by atoms with Crippen molar-refractivity contribution in [2.24, 2.45) is 5.73 Å². The quantitative estimate of drug-likeness (QED) is 0.584. The van der Waals surface area contributed by atoms with Crippen molar-refractivity contribution >= 4 is 11.5 Å². The molecule has 0 fully saturated rings. The summed E-state index contributed by atoms with van der Waals surface area (Å²) in [6, 6.07) is 5.07. The molecule has 5 nitrogen and oxygen atoms in total. The number of carbonyl (C=O) groups excluding carboxylic acids is 1. The molecule has 0 aromatic heterocycles. The van der Waals surface area contributed by atoms with Gasteiger partial charge in [-0.2, -0.15) is 0 Å². The van der Waals surface area contributed by atoms with E-state index in [2.05, 4.69) is 6.58 Å². The standard InChI is InChI=1S/C13H17NO4/c1-9(13(14)15)10-4-5-11(17-3)12(8-10)18-7-6-16-2/h4-5,8H,1,6-7H2,2-3H3,(H2,14,15). The molecule has 0 unspecified atom stereocenters. The molecule has 0 heterocycles. The van der Waals surface area contributed by atoms with E-state index in [0.717, 1.165) is 0 Å². The van der Waals surface area contributed by atoms with Gasteiger partial charge >= 0.3 is 0 Å². The van der Waals surface area contributed by atoms with E-state index in [4.69, 9.17) is 19.9 Å². The first-order chi connectivity index (χ1) is 8.60. The molecule has 5 heteroatoms. The predicted octanol–water partition coefficient (Wildman–Crippen LogP) is 1.22. The first-order valence-electron chi connectivity index (χ1n) is 5.39. The van der Waals surface area contributed by atoms with E-state index < -0.39 is 5.91 Å². The molecule has 0 atom stereocenters. The maximum absolute atomic E-state index is 11.1. The molecule has 1 aromatic rings. The molecule has 98 valence electrons. The minimum Gasteiger partial charge on any atom is -0.493 e. The lowest BCUT2D eigenvalue weighted by Crippen LogP contribution is -2.12. The van der Waals surface area contributed by atoms with E-state index in [9.17, 15) is 4.79 Å². The number of ether oxygens (including phenoxy) is 3. The van der Waals surface area contributed by atoms with Crippen LogP contribution in [0.15, 0.2) is 24.8 Å². The zero-order valence-electron chi connectivity index (χ0n) is 10.6. The van der Waals surface area contributed by atoms with Crippen LogP contribution < -0.4 is 15.2 Å². The Bertz CT molecular complexity index is 443. The average Bonchev–Trinajstić information content (AvgIpc) is 2.38. The van der Waals surface area contributed by atoms with Gasteiger partial charge in [0.25, 0.3) is 0 Å². The number of hydrogen-bond acceptors (Lipinski definition) is 4. The molecule has 1 amide bonds. The lowest BCUT2D eigenvalue weighted by molar-refractivity contribution is -0.112. The Morgan fingerprint density at radius 3 is 2.56 bits per heavy atom. The van der Waals surface area contributed by atoms with Crippen molar-refractivity contribution in [1.29, 1.82) is 0 Å². The first-order valence-corrected chi connectivity index (χ1v) is 5.39. The third kappa shape index (κ3) is 3.49. The van der Waals surface area contributed by atoms with Gasteiger partial charge < -0.3 is 19.9 Å². The van der Waals surface area contributed by atoms with Crippen molar-refractivity contribution in [3.8, 4) is 11.5 Å². The summed E-state index contributed by atoms with van der Waals surface area (Å²) in [7, 11) is 3.13. The second kappa shape index (κ2) is 6.66. The van der Waals surface area contributed by atoms with Crippen LogP contribution in [0.5, 0.6) is 11.5 Å². The van der Waals surface area contributed by atoms with Crippen LogP contribution >= 0.6 is 0 Å². The normalized spacial score (nSPS) is 9.89. The highest BCUT2D eigenvalue weighted by atomic mass is 16.5. The van der Waals surface area contributed by atoms with Crippen LogP contribution in [0.3, 0.4) is 0 Å². The second-order valence-corrected chi connectivity index (χ2v) is 3.55. The highest BCUT2D eigenvalue weighted by Crippen LogP contribution is 2.30. The molecule has 0 spiro atoms. The monoisotopic (exact) mass is 251 g/mol. The zero-order chi connectivity index (χ0) is 13.5. The lowest BCUT2D eigenvalue weighted by atomic mass is 10.1. The van der Waals surface area contributed by atoms with Gasteiger partial charge in [0.15, 0.2) is 11.5 Å². The molecule has 0 aliphatic heterocycles. The Labute approximate surface area is 106 Å². The Morgan fingerprint density at radius 1 is 1.28 bits per heavy atom. The van der Waals surface area contributed by atoms with Gasteiger partial charge in [-0.3, -0.25) is 4.79 Å². The SMILES string of the molecule is C=C(C(N)=O)c1ccc(OC)c(OCCOC)c1. The van der Waals surface area contributed by atoms with Gasteiger partial charge in [0.1, 0.15) is 6.61 Å². The number of amides is 1. The second-order valence-electron chi connectivity index (χ2n) is 3.55. The molecule has 18 heavy (non-hydrogen) atoms. The fraction of sp³-hybridized carbons (Fsp3) is 0.308. The van der Waals surface area contributed by atoms with E-state index in [1.54, 1.807) is 32.4 Å². The number of carbonyl (C=O) groups is 1. The fourth-order valence-electron chi connectivity index (χ4n) is 1.35. The average molecular weight is 251 g/mol. The third-order valence-corrected chi connectivity index (χ3v) is 2.35. The molecule has 0 aliphatic rings. The molecule has 0 aliphatic carbocycles. The smallest absolute Gasteiger partial charge is 0.248 e. The van der Waals surface area contributed by atoms with E-state index in [1.807, 2.05) is 0 Å². The Balaban J connectivity index is 2.94. The van der Waals surface area contributed by atoms with Crippen LogP contribution in [0.4, 0.5) is 0 Å². The van der Waals surface area contributed by atoms with Crippen LogP contribution in [0.2, 0.25) is 0 Å². The number of hydrogen-bond donors (Lipinski definition) is 1. The first kappa shape index (κ1) is 14.1. The Morgan fingerprint density at radius 2 is 2.00 bits per heavy atom. The Hall–Kier alpha value is -2.01. The van der Waals surface area contributed by atoms with E-state index in [1.165, 1.54) is 0 Å². The van der Waals surface area contributed by atoms with Crippen molar-refractivity contribution in [1.82, 2.24) is 0 Å². The topological polar surface area (TPSA) is 70.8 Å². The number of methoxy groups -OCH3 is 2. The minimum atomic E-state index is -0.567. The van der Waals surface area contributed by atoms with Crippen molar-refractivity contribution in [3.05, 3.63) is 30.3 Å². The minimum absolute atomic E-state index is 0.231. The van der Waals surface area contributed by atoms with Gasteiger partial charge in [-0.1, -0.05) is 12.6 Å². The van der Waals surface area contributed by atoms with Gasteiger partial charge in [-0.15, -0.1) is 0 Å². The summed E-state index contributed by atoms with van der Waals surface area (Å²) in [6.45, 7) is 4.47. The summed E-state index contributed by atoms with van der Waals surface area (Å²) in [5, 5.41) is 0. The molecule has 0 saturated carbocycles. The molecule has 1 aromatic carbocycles. The maximum Gasteiger partial charge on any atom is 0.248 e. The van der Waals surface area contributed by atoms with Crippen molar-refractivity contribution in [2.75, 3.05) is 27.4 Å². The summed E-state index contributed by atoms with van der Waals surface area (Å²) < 4.78 is 15.6. The maximum atomic E-state index is 11.1. The van der Waals surface area contributed by atoms with Crippen molar-refractivity contribution in [2.45, 2.75) is 0 Å². The van der Waals surface area contributed by atoms with Crippen LogP contribution in [0.1, 0.15) is 5.56 Å². The molecule has 0 radical (unpaired) electrons. The van der Waals surface area contributed by atoms with E-state index in [0.29, 0.717) is 30.3 Å². The summed E-state index contributed by atoms with van der Waals surface area (Å²) in [5.74, 6) is 0.532. The van der Waals surface area contributed by atoms with Crippen molar-refractivity contribution < 1.29 is 19.0 Å². The number of rotatable bonds is 7. The van der Waals surface area contributed by atoms with Gasteiger partial charge in [0.2, 0.25) is 5.91 Å². The van der Waals surface area contributed by atoms with Gasteiger partial charge in [0.05, 0.1) is 13.7 Å². The summed E-state index contributed by atoms with van der Waals surface area (Å²) in [6.07, 6.45) is 0. The number of nitrogens with two attached hydrogens (primary N) is 1. The molecule has 0 saturated heterocycles. The highest BCUT2D eigenvalue weighted by molar-refractivity contribution is 6.17. The summed E-state index contributed by atoms with van der Waals surface area (Å²) >= 11 is 0. The van der Waals surface area contributed by atoms with E-state index in [-0.39, 0.29) is 5.57 Å². The zero-order valence-corrected chi connectivity index (χ0v) is 10.6. The highest BCUT2D eigenvalue weighted by Gasteiger charge is 2.10.